The number of nitrogens with two attached hydrogens (primary N) is 1. The summed E-state index contributed by atoms with van der Waals surface area (Å²) in [4.78, 5) is 35.3. The highest BCUT2D eigenvalue weighted by Gasteiger charge is 2.08. The molecule has 0 fully saturated rings. The maximum atomic E-state index is 12.2. The van der Waals surface area contributed by atoms with Crippen LogP contribution in [0.4, 0.5) is 5.69 Å². The zero-order chi connectivity index (χ0) is 22.9. The highest BCUT2D eigenvalue weighted by atomic mass is 16.5. The monoisotopic (exact) mass is 434 g/mol. The molecule has 0 radical (unpaired) electrons. The van der Waals surface area contributed by atoms with Gasteiger partial charge >= 0.3 is 0 Å². The van der Waals surface area contributed by atoms with Crippen molar-refractivity contribution in [3.8, 4) is 17.2 Å². The van der Waals surface area contributed by atoms with Crippen molar-refractivity contribution in [3.05, 3.63) is 83.9 Å². The van der Waals surface area contributed by atoms with Gasteiger partial charge in [0.25, 0.3) is 11.8 Å². The first kappa shape index (κ1) is 22.2. The average molecular weight is 434 g/mol. The van der Waals surface area contributed by atoms with E-state index in [0.717, 1.165) is 5.69 Å². The fraction of sp³-hybridized carbons (Fsp3) is 0.0870. The molecule has 0 aliphatic rings. The summed E-state index contributed by atoms with van der Waals surface area (Å²) in [5.41, 5.74) is 11.4. The highest BCUT2D eigenvalue weighted by Crippen LogP contribution is 2.22. The van der Waals surface area contributed by atoms with Crippen LogP contribution in [0.25, 0.3) is 0 Å². The molecule has 5 N–H and O–H groups in total. The molecule has 3 aromatic carbocycles. The van der Waals surface area contributed by atoms with E-state index >= 15 is 0 Å². The summed E-state index contributed by atoms with van der Waals surface area (Å²) in [5, 5.41) is 2.94. The lowest BCUT2D eigenvalue weighted by atomic mass is 10.2. The largest absolute Gasteiger partial charge is 0.497 e. The van der Waals surface area contributed by atoms with Crippen LogP contribution in [0.5, 0.6) is 17.2 Å². The number of nitrogens with one attached hydrogen (secondary N) is 3. The highest BCUT2D eigenvalue weighted by molar-refractivity contribution is 5.95. The summed E-state index contributed by atoms with van der Waals surface area (Å²) < 4.78 is 10.7. The minimum absolute atomic E-state index is 0.0199. The lowest BCUT2D eigenvalue weighted by Gasteiger charge is -2.10. The third-order valence-electron chi connectivity index (χ3n) is 4.35. The maximum Gasteiger partial charge on any atom is 0.269 e. The molecule has 0 aliphatic carbocycles. The Kier molecular flexibility index (Phi) is 7.26. The Morgan fingerprint density at radius 2 is 1.28 bits per heavy atom. The summed E-state index contributed by atoms with van der Waals surface area (Å²) in [5.74, 6) is 0.332. The van der Waals surface area contributed by atoms with Crippen molar-refractivity contribution in [2.75, 3.05) is 19.0 Å². The lowest BCUT2D eigenvalue weighted by molar-refractivity contribution is -0.120. The van der Waals surface area contributed by atoms with Crippen molar-refractivity contribution in [1.82, 2.24) is 10.9 Å². The molecule has 0 bridgehead atoms. The molecule has 9 heteroatoms. The number of hydrazine groups is 1. The van der Waals surface area contributed by atoms with Gasteiger partial charge in [0.1, 0.15) is 17.2 Å². The number of carbonyl (C=O) groups excluding carboxylic acids is 3. The molecule has 9 nitrogen and oxygen atoms in total. The van der Waals surface area contributed by atoms with Crippen LogP contribution in [0.3, 0.4) is 0 Å². The Hall–Kier alpha value is -4.53. The molecule has 3 rings (SSSR count). The van der Waals surface area contributed by atoms with E-state index in [0.29, 0.717) is 28.4 Å². The second kappa shape index (κ2) is 10.5. The number of primary amides is 1. The first-order chi connectivity index (χ1) is 15.4. The minimum atomic E-state index is -0.518. The van der Waals surface area contributed by atoms with E-state index in [4.69, 9.17) is 15.2 Å². The molecule has 0 spiro atoms. The van der Waals surface area contributed by atoms with Gasteiger partial charge in [0.2, 0.25) is 5.91 Å². The molecular weight excluding hydrogens is 412 g/mol. The first-order valence-corrected chi connectivity index (χ1v) is 9.59. The van der Waals surface area contributed by atoms with Gasteiger partial charge < -0.3 is 20.5 Å². The fourth-order valence-corrected chi connectivity index (χ4v) is 2.63. The van der Waals surface area contributed by atoms with Gasteiger partial charge in [-0.25, -0.2) is 0 Å². The van der Waals surface area contributed by atoms with E-state index < -0.39 is 17.7 Å². The number of methoxy groups -OCH3 is 1. The van der Waals surface area contributed by atoms with Crippen LogP contribution < -0.4 is 31.4 Å². The van der Waals surface area contributed by atoms with Crippen molar-refractivity contribution in [3.63, 3.8) is 0 Å². The van der Waals surface area contributed by atoms with Gasteiger partial charge in [-0.05, 0) is 72.8 Å². The Balaban J connectivity index is 1.45. The molecule has 0 aliphatic heterocycles. The SMILES string of the molecule is COc1ccc(NCC(=O)NNC(=O)c2ccc(Oc3ccc(C(N)=O)cc3)cc2)cc1. The molecule has 32 heavy (non-hydrogen) atoms. The van der Waals surface area contributed by atoms with Crippen LogP contribution >= 0.6 is 0 Å². The van der Waals surface area contributed by atoms with E-state index in [9.17, 15) is 14.4 Å². The van der Waals surface area contributed by atoms with E-state index in [1.54, 1.807) is 79.9 Å². The number of carbonyl (C=O) groups is 3. The number of rotatable bonds is 8. The van der Waals surface area contributed by atoms with Crippen LogP contribution in [0, 0.1) is 0 Å². The zero-order valence-corrected chi connectivity index (χ0v) is 17.3. The smallest absolute Gasteiger partial charge is 0.269 e. The second-order valence-electron chi connectivity index (χ2n) is 6.60. The number of amides is 3. The van der Waals surface area contributed by atoms with Crippen molar-refractivity contribution >= 4 is 23.4 Å². The number of ether oxygens (including phenoxy) is 2. The molecule has 0 unspecified atom stereocenters. The minimum Gasteiger partial charge on any atom is -0.497 e. The molecule has 0 heterocycles. The topological polar surface area (TPSA) is 132 Å². The third kappa shape index (κ3) is 6.23. The summed E-state index contributed by atoms with van der Waals surface area (Å²) in [7, 11) is 1.57. The van der Waals surface area contributed by atoms with Crippen molar-refractivity contribution < 1.29 is 23.9 Å². The summed E-state index contributed by atoms with van der Waals surface area (Å²) >= 11 is 0. The van der Waals surface area contributed by atoms with Gasteiger partial charge in [-0.3, -0.25) is 25.2 Å². The van der Waals surface area contributed by atoms with Crippen LogP contribution in [-0.4, -0.2) is 31.4 Å². The van der Waals surface area contributed by atoms with Crippen LogP contribution in [0.15, 0.2) is 72.8 Å². The molecule has 0 saturated carbocycles. The fourth-order valence-electron chi connectivity index (χ4n) is 2.63. The van der Waals surface area contributed by atoms with E-state index in [1.165, 1.54) is 0 Å². The maximum absolute atomic E-state index is 12.2. The van der Waals surface area contributed by atoms with Gasteiger partial charge in [-0.2, -0.15) is 0 Å². The van der Waals surface area contributed by atoms with Crippen LogP contribution in [0.1, 0.15) is 20.7 Å². The van der Waals surface area contributed by atoms with Crippen molar-refractivity contribution in [2.45, 2.75) is 0 Å². The summed E-state index contributed by atoms with van der Waals surface area (Å²) in [6.07, 6.45) is 0. The predicted octanol–water partition coefficient (Wildman–Crippen LogP) is 2.46. The lowest BCUT2D eigenvalue weighted by Crippen LogP contribution is -2.44. The van der Waals surface area contributed by atoms with Gasteiger partial charge in [-0.1, -0.05) is 0 Å². The number of anilines is 1. The zero-order valence-electron chi connectivity index (χ0n) is 17.3. The standard InChI is InChI=1S/C23H22N4O5/c1-31-18-12-6-17(7-13-18)25-14-21(28)26-27-23(30)16-4-10-20(11-5-16)32-19-8-2-15(3-9-19)22(24)29/h2-13,25H,14H2,1H3,(H2,24,29)(H,26,28)(H,27,30). The van der Waals surface area contributed by atoms with Crippen molar-refractivity contribution in [2.24, 2.45) is 5.73 Å². The Labute approximate surface area is 184 Å². The average Bonchev–Trinajstić information content (AvgIpc) is 2.82. The summed E-state index contributed by atoms with van der Waals surface area (Å²) in [6, 6.07) is 19.8. The number of hydrogen-bond donors (Lipinski definition) is 4. The second-order valence-corrected chi connectivity index (χ2v) is 6.60. The Bertz CT molecular complexity index is 1080. The number of benzene rings is 3. The molecule has 3 amide bonds. The molecular formula is C23H22N4O5. The Morgan fingerprint density at radius 3 is 1.81 bits per heavy atom. The van der Waals surface area contributed by atoms with E-state index in [1.807, 2.05) is 0 Å². The van der Waals surface area contributed by atoms with Crippen LogP contribution in [0.2, 0.25) is 0 Å². The molecule has 0 saturated heterocycles. The molecule has 0 aromatic heterocycles. The normalized spacial score (nSPS) is 10.0. The number of hydrogen-bond acceptors (Lipinski definition) is 6. The van der Waals surface area contributed by atoms with E-state index in [-0.39, 0.29) is 6.54 Å². The van der Waals surface area contributed by atoms with Crippen molar-refractivity contribution in [1.29, 1.82) is 0 Å². The third-order valence-corrected chi connectivity index (χ3v) is 4.35. The Morgan fingerprint density at radius 1 is 0.750 bits per heavy atom. The molecule has 164 valence electrons. The van der Waals surface area contributed by atoms with Gasteiger partial charge in [0.15, 0.2) is 0 Å². The predicted molar refractivity (Wildman–Crippen MR) is 119 cm³/mol. The summed E-state index contributed by atoms with van der Waals surface area (Å²) in [6.45, 7) is -0.0199. The first-order valence-electron chi connectivity index (χ1n) is 9.59. The van der Waals surface area contributed by atoms with E-state index in [2.05, 4.69) is 16.2 Å². The van der Waals surface area contributed by atoms with Gasteiger partial charge in [0, 0.05) is 16.8 Å². The molecule has 3 aromatic rings. The van der Waals surface area contributed by atoms with Crippen LogP contribution in [-0.2, 0) is 4.79 Å². The quantitative estimate of drug-likeness (QED) is 0.403. The molecule has 0 atom stereocenters. The van der Waals surface area contributed by atoms with Gasteiger partial charge in [-0.15, -0.1) is 0 Å². The van der Waals surface area contributed by atoms with Gasteiger partial charge in [0.05, 0.1) is 13.7 Å².